The van der Waals surface area contributed by atoms with Gasteiger partial charge in [0.2, 0.25) is 0 Å². The van der Waals surface area contributed by atoms with Crippen LogP contribution in [0.4, 0.5) is 0 Å². The van der Waals surface area contributed by atoms with Gasteiger partial charge in [-0.15, -0.1) is 11.6 Å². The Kier molecular flexibility index (Phi) is 5.77. The van der Waals surface area contributed by atoms with E-state index in [0.29, 0.717) is 28.4 Å². The topological polar surface area (TPSA) is 12.0 Å². The number of rotatable bonds is 5. The summed E-state index contributed by atoms with van der Waals surface area (Å²) in [6.07, 6.45) is 0. The average molecular weight is 267 g/mol. The highest BCUT2D eigenvalue weighted by molar-refractivity contribution is 6.35. The van der Waals surface area contributed by atoms with Crippen LogP contribution in [0.3, 0.4) is 0 Å². The summed E-state index contributed by atoms with van der Waals surface area (Å²) in [6, 6.07) is 5.53. The molecule has 0 saturated heterocycles. The molecular weight excluding hydrogens is 252 g/mol. The average Bonchev–Trinajstić information content (AvgIpc) is 2.22. The van der Waals surface area contributed by atoms with Gasteiger partial charge in [0.05, 0.1) is 0 Å². The van der Waals surface area contributed by atoms with E-state index < -0.39 is 0 Å². The minimum absolute atomic E-state index is 0.452. The maximum absolute atomic E-state index is 6.03. The molecule has 1 nitrogen and oxygen atoms in total. The maximum Gasteiger partial charge on any atom is 0.0465 e. The van der Waals surface area contributed by atoms with E-state index in [1.54, 1.807) is 0 Å². The van der Waals surface area contributed by atoms with Gasteiger partial charge < -0.3 is 5.32 Å². The molecule has 84 valence electrons. The molecule has 1 atom stereocenters. The predicted octanol–water partition coefficient (Wildman–Crippen LogP) is 3.96. The first-order chi connectivity index (χ1) is 7.15. The van der Waals surface area contributed by atoms with E-state index in [4.69, 9.17) is 34.8 Å². The van der Waals surface area contributed by atoms with Crippen LogP contribution in [0.2, 0.25) is 10.0 Å². The molecule has 0 radical (unpaired) electrons. The SMILES string of the molecule is CC(CCl)CNCc1c(Cl)cccc1Cl. The fraction of sp³-hybridized carbons (Fsp3) is 0.455. The van der Waals surface area contributed by atoms with Crippen molar-refractivity contribution in [1.82, 2.24) is 5.32 Å². The lowest BCUT2D eigenvalue weighted by molar-refractivity contribution is 0.557. The second-order valence-corrected chi connectivity index (χ2v) is 4.71. The summed E-state index contributed by atoms with van der Waals surface area (Å²) >= 11 is 17.8. The third kappa shape index (κ3) is 4.20. The van der Waals surface area contributed by atoms with Gasteiger partial charge in [-0.3, -0.25) is 0 Å². The van der Waals surface area contributed by atoms with Crippen LogP contribution in [-0.4, -0.2) is 12.4 Å². The highest BCUT2D eigenvalue weighted by Crippen LogP contribution is 2.23. The maximum atomic E-state index is 6.03. The van der Waals surface area contributed by atoms with E-state index in [2.05, 4.69) is 12.2 Å². The Labute approximate surface area is 106 Å². The van der Waals surface area contributed by atoms with Crippen LogP contribution >= 0.6 is 34.8 Å². The van der Waals surface area contributed by atoms with Crippen molar-refractivity contribution in [3.63, 3.8) is 0 Å². The molecule has 0 aliphatic heterocycles. The largest absolute Gasteiger partial charge is 0.312 e. The van der Waals surface area contributed by atoms with Gasteiger partial charge in [0.25, 0.3) is 0 Å². The number of hydrogen-bond donors (Lipinski definition) is 1. The fourth-order valence-corrected chi connectivity index (χ4v) is 1.84. The smallest absolute Gasteiger partial charge is 0.0465 e. The van der Waals surface area contributed by atoms with Crippen LogP contribution in [0.1, 0.15) is 12.5 Å². The second kappa shape index (κ2) is 6.59. The lowest BCUT2D eigenvalue weighted by Crippen LogP contribution is -2.21. The third-order valence-electron chi connectivity index (χ3n) is 2.12. The van der Waals surface area contributed by atoms with Crippen LogP contribution in [0.5, 0.6) is 0 Å². The Morgan fingerprint density at radius 2 is 1.87 bits per heavy atom. The van der Waals surface area contributed by atoms with E-state index in [1.165, 1.54) is 0 Å². The van der Waals surface area contributed by atoms with Crippen molar-refractivity contribution in [2.75, 3.05) is 12.4 Å². The first kappa shape index (κ1) is 13.1. The van der Waals surface area contributed by atoms with Gasteiger partial charge in [-0.05, 0) is 24.6 Å². The van der Waals surface area contributed by atoms with Gasteiger partial charge in [0.15, 0.2) is 0 Å². The van der Waals surface area contributed by atoms with Crippen molar-refractivity contribution in [2.24, 2.45) is 5.92 Å². The molecule has 1 N–H and O–H groups in total. The number of hydrogen-bond acceptors (Lipinski definition) is 1. The summed E-state index contributed by atoms with van der Waals surface area (Å²) in [6.45, 7) is 3.64. The minimum atomic E-state index is 0.452. The number of nitrogens with one attached hydrogen (secondary N) is 1. The summed E-state index contributed by atoms with van der Waals surface area (Å²) in [5.74, 6) is 1.11. The lowest BCUT2D eigenvalue weighted by Gasteiger charge is -2.11. The first-order valence-electron chi connectivity index (χ1n) is 4.84. The van der Waals surface area contributed by atoms with Crippen molar-refractivity contribution < 1.29 is 0 Å². The van der Waals surface area contributed by atoms with Gasteiger partial charge in [-0.2, -0.15) is 0 Å². The van der Waals surface area contributed by atoms with Gasteiger partial charge in [-0.1, -0.05) is 36.2 Å². The van der Waals surface area contributed by atoms with Gasteiger partial charge in [-0.25, -0.2) is 0 Å². The summed E-state index contributed by atoms with van der Waals surface area (Å²) in [7, 11) is 0. The molecule has 0 aliphatic rings. The highest BCUT2D eigenvalue weighted by atomic mass is 35.5. The molecule has 0 aromatic heterocycles. The molecule has 1 aromatic carbocycles. The Morgan fingerprint density at radius 3 is 2.40 bits per heavy atom. The van der Waals surface area contributed by atoms with Gasteiger partial charge in [0, 0.05) is 28.0 Å². The monoisotopic (exact) mass is 265 g/mol. The highest BCUT2D eigenvalue weighted by Gasteiger charge is 2.05. The second-order valence-electron chi connectivity index (χ2n) is 3.59. The van der Waals surface area contributed by atoms with Crippen LogP contribution in [0.25, 0.3) is 0 Å². The Hall–Kier alpha value is 0.0500. The molecule has 1 aromatic rings. The molecule has 1 unspecified atom stereocenters. The van der Waals surface area contributed by atoms with Gasteiger partial charge >= 0.3 is 0 Å². The Balaban J connectivity index is 2.50. The summed E-state index contributed by atoms with van der Waals surface area (Å²) in [5.41, 5.74) is 0.947. The van der Waals surface area contributed by atoms with Crippen molar-refractivity contribution in [2.45, 2.75) is 13.5 Å². The van der Waals surface area contributed by atoms with E-state index in [-0.39, 0.29) is 0 Å². The Morgan fingerprint density at radius 1 is 1.27 bits per heavy atom. The van der Waals surface area contributed by atoms with Crippen molar-refractivity contribution in [3.8, 4) is 0 Å². The summed E-state index contributed by atoms with van der Waals surface area (Å²) in [4.78, 5) is 0. The molecule has 0 aliphatic carbocycles. The molecule has 4 heteroatoms. The van der Waals surface area contributed by atoms with Crippen molar-refractivity contribution in [1.29, 1.82) is 0 Å². The van der Waals surface area contributed by atoms with E-state index in [0.717, 1.165) is 12.1 Å². The predicted molar refractivity (Wildman–Crippen MR) is 68.1 cm³/mol. The molecule has 0 saturated carbocycles. The minimum Gasteiger partial charge on any atom is -0.312 e. The number of alkyl halides is 1. The quantitative estimate of drug-likeness (QED) is 0.796. The fourth-order valence-electron chi connectivity index (χ4n) is 1.20. The zero-order valence-corrected chi connectivity index (χ0v) is 10.8. The van der Waals surface area contributed by atoms with E-state index in [9.17, 15) is 0 Å². The van der Waals surface area contributed by atoms with Crippen LogP contribution < -0.4 is 5.32 Å². The van der Waals surface area contributed by atoms with Crippen molar-refractivity contribution in [3.05, 3.63) is 33.8 Å². The zero-order valence-electron chi connectivity index (χ0n) is 8.56. The lowest BCUT2D eigenvalue weighted by atomic mass is 10.2. The summed E-state index contributed by atoms with van der Waals surface area (Å²) < 4.78 is 0. The van der Waals surface area contributed by atoms with Crippen LogP contribution in [0, 0.1) is 5.92 Å². The molecule has 0 bridgehead atoms. The van der Waals surface area contributed by atoms with Crippen molar-refractivity contribution >= 4 is 34.8 Å². The molecule has 1 rings (SSSR count). The summed E-state index contributed by atoms with van der Waals surface area (Å²) in [5, 5.41) is 4.69. The number of benzene rings is 1. The van der Waals surface area contributed by atoms with E-state index >= 15 is 0 Å². The van der Waals surface area contributed by atoms with Crippen LogP contribution in [-0.2, 0) is 6.54 Å². The zero-order chi connectivity index (χ0) is 11.3. The molecular formula is C11H14Cl3N. The van der Waals surface area contributed by atoms with Gasteiger partial charge in [0.1, 0.15) is 0 Å². The first-order valence-corrected chi connectivity index (χ1v) is 6.13. The molecule has 0 spiro atoms. The standard InChI is InChI=1S/C11H14Cl3N/c1-8(5-12)6-15-7-9-10(13)3-2-4-11(9)14/h2-4,8,15H,5-7H2,1H3. The Bertz CT molecular complexity index is 294. The molecule has 15 heavy (non-hydrogen) atoms. The normalized spacial score (nSPS) is 12.8. The molecule has 0 fully saturated rings. The molecule has 0 amide bonds. The number of halogens is 3. The third-order valence-corrected chi connectivity index (χ3v) is 3.35. The molecule has 0 heterocycles. The van der Waals surface area contributed by atoms with E-state index in [1.807, 2.05) is 18.2 Å². The van der Waals surface area contributed by atoms with Crippen LogP contribution in [0.15, 0.2) is 18.2 Å².